The third kappa shape index (κ3) is 3.79. The number of aromatic nitrogens is 5. The summed E-state index contributed by atoms with van der Waals surface area (Å²) in [6.45, 7) is 0.547. The summed E-state index contributed by atoms with van der Waals surface area (Å²) in [5.41, 5.74) is 2.06. The zero-order valence-corrected chi connectivity index (χ0v) is 16.5. The number of benzene rings is 1. The van der Waals surface area contributed by atoms with Gasteiger partial charge in [0, 0.05) is 22.9 Å². The molecule has 0 bridgehead atoms. The summed E-state index contributed by atoms with van der Waals surface area (Å²) in [5, 5.41) is 18.9. The number of rotatable bonds is 5. The van der Waals surface area contributed by atoms with Gasteiger partial charge in [-0.1, -0.05) is 23.7 Å². The molecule has 1 fully saturated rings. The van der Waals surface area contributed by atoms with Gasteiger partial charge in [0.1, 0.15) is 11.5 Å². The van der Waals surface area contributed by atoms with E-state index in [4.69, 9.17) is 16.6 Å². The van der Waals surface area contributed by atoms with E-state index < -0.39 is 5.69 Å². The molecule has 3 aromatic heterocycles. The molecule has 0 unspecified atom stereocenters. The van der Waals surface area contributed by atoms with Crippen LogP contribution in [0.3, 0.4) is 0 Å². The van der Waals surface area contributed by atoms with Crippen LogP contribution in [0.4, 0.5) is 5.82 Å². The third-order valence-electron chi connectivity index (χ3n) is 4.74. The van der Waals surface area contributed by atoms with Crippen LogP contribution in [0.1, 0.15) is 24.1 Å². The minimum atomic E-state index is -0.489. The highest BCUT2D eigenvalue weighted by Crippen LogP contribution is 2.22. The minimum absolute atomic E-state index is 0.238. The first kappa shape index (κ1) is 18.4. The molecule has 0 aliphatic heterocycles. The quantitative estimate of drug-likeness (QED) is 0.385. The zero-order chi connectivity index (χ0) is 20.7. The predicted octanol–water partition coefficient (Wildman–Crippen LogP) is 1.33. The van der Waals surface area contributed by atoms with Crippen LogP contribution in [0.25, 0.3) is 11.7 Å². The average Bonchev–Trinajstić information content (AvgIpc) is 3.35. The first-order valence-corrected chi connectivity index (χ1v) is 9.87. The molecular weight excluding hydrogens is 406 g/mol. The van der Waals surface area contributed by atoms with Crippen LogP contribution in [0, 0.1) is 0 Å². The molecule has 0 saturated heterocycles. The highest BCUT2D eigenvalue weighted by molar-refractivity contribution is 6.30. The molecule has 9 nitrogen and oxygen atoms in total. The Morgan fingerprint density at radius 3 is 2.93 bits per heavy atom. The molecule has 1 aliphatic carbocycles. The zero-order valence-electron chi connectivity index (χ0n) is 15.8. The third-order valence-corrected chi connectivity index (χ3v) is 4.97. The van der Waals surface area contributed by atoms with Crippen molar-refractivity contribution in [2.75, 3.05) is 5.32 Å². The molecule has 0 atom stereocenters. The Labute approximate surface area is 174 Å². The van der Waals surface area contributed by atoms with Crippen molar-refractivity contribution in [3.8, 4) is 5.88 Å². The smallest absolute Gasteiger partial charge is 0.326 e. The van der Waals surface area contributed by atoms with E-state index in [2.05, 4.69) is 25.4 Å². The lowest BCUT2D eigenvalue weighted by Crippen LogP contribution is -2.20. The molecule has 0 spiro atoms. The number of aromatic amines is 2. The summed E-state index contributed by atoms with van der Waals surface area (Å²) in [6.07, 6.45) is 5.37. The second kappa shape index (κ2) is 7.34. The summed E-state index contributed by atoms with van der Waals surface area (Å²) in [4.78, 5) is 25.7. The fourth-order valence-electron chi connectivity index (χ4n) is 3.13. The number of nitrogens with one attached hydrogen (secondary N) is 3. The van der Waals surface area contributed by atoms with Gasteiger partial charge in [0.25, 0.3) is 0 Å². The van der Waals surface area contributed by atoms with E-state index in [9.17, 15) is 9.90 Å². The molecule has 1 aliphatic rings. The maximum atomic E-state index is 11.4. The normalized spacial score (nSPS) is 15.2. The number of hydrogen-bond donors (Lipinski definition) is 4. The van der Waals surface area contributed by atoms with Crippen molar-refractivity contribution in [2.24, 2.45) is 4.99 Å². The molecule has 152 valence electrons. The lowest BCUT2D eigenvalue weighted by molar-refractivity contribution is 0.454. The molecule has 4 aromatic rings. The van der Waals surface area contributed by atoms with Gasteiger partial charge in [-0.2, -0.15) is 9.61 Å². The van der Waals surface area contributed by atoms with E-state index in [1.807, 2.05) is 30.3 Å². The minimum Gasteiger partial charge on any atom is -0.493 e. The Balaban J connectivity index is 1.59. The van der Waals surface area contributed by atoms with Crippen molar-refractivity contribution in [1.29, 1.82) is 0 Å². The van der Waals surface area contributed by atoms with Crippen LogP contribution in [-0.2, 0) is 6.54 Å². The van der Waals surface area contributed by atoms with E-state index in [1.165, 1.54) is 0 Å². The van der Waals surface area contributed by atoms with Gasteiger partial charge in [-0.05, 0) is 36.6 Å². The molecular formula is C20H18ClN7O2. The number of hydrogen-bond acceptors (Lipinski definition) is 6. The maximum Gasteiger partial charge on any atom is 0.326 e. The fraction of sp³-hybridized carbons (Fsp3) is 0.200. The number of anilines is 1. The van der Waals surface area contributed by atoms with Crippen LogP contribution in [0.15, 0.2) is 46.3 Å². The van der Waals surface area contributed by atoms with E-state index in [1.54, 1.807) is 16.8 Å². The van der Waals surface area contributed by atoms with E-state index >= 15 is 0 Å². The monoisotopic (exact) mass is 423 g/mol. The van der Waals surface area contributed by atoms with E-state index in [0.717, 1.165) is 18.4 Å². The molecule has 1 aromatic carbocycles. The summed E-state index contributed by atoms with van der Waals surface area (Å²) in [5.74, 6) is 0.404. The standard InChI is InChI=1S/C20H18ClN7O2/c21-13-3-1-2-11(6-13)9-22-16-8-17(24-14-4-5-14)28-18(26-16)12(10-23-28)7-15-19(29)27-20(30)25-15/h1-3,6-8,10,14,22,29H,4-5,9H2,(H2,25,27,30)/b12-7-,24-17?. The second-order valence-electron chi connectivity index (χ2n) is 7.16. The van der Waals surface area contributed by atoms with E-state index in [-0.39, 0.29) is 11.6 Å². The second-order valence-corrected chi connectivity index (χ2v) is 7.60. The molecule has 30 heavy (non-hydrogen) atoms. The highest BCUT2D eigenvalue weighted by atomic mass is 35.5. The van der Waals surface area contributed by atoms with Gasteiger partial charge in [0.15, 0.2) is 11.1 Å². The van der Waals surface area contributed by atoms with Gasteiger partial charge in [-0.3, -0.25) is 9.98 Å². The van der Waals surface area contributed by atoms with Gasteiger partial charge in [0.05, 0.1) is 12.2 Å². The number of aromatic hydroxyl groups is 1. The molecule has 3 heterocycles. The number of halogens is 1. The molecule has 10 heteroatoms. The lowest BCUT2D eigenvalue weighted by atomic mass is 10.2. The van der Waals surface area contributed by atoms with Crippen molar-refractivity contribution < 1.29 is 5.11 Å². The first-order valence-electron chi connectivity index (χ1n) is 9.49. The van der Waals surface area contributed by atoms with Crippen molar-refractivity contribution in [3.63, 3.8) is 0 Å². The summed E-state index contributed by atoms with van der Waals surface area (Å²) >= 11 is 6.07. The van der Waals surface area contributed by atoms with Crippen molar-refractivity contribution in [3.05, 3.63) is 74.0 Å². The summed E-state index contributed by atoms with van der Waals surface area (Å²) < 4.78 is 1.66. The van der Waals surface area contributed by atoms with Crippen molar-refractivity contribution >= 4 is 29.1 Å². The van der Waals surface area contributed by atoms with Gasteiger partial charge >= 0.3 is 5.69 Å². The van der Waals surface area contributed by atoms with Gasteiger partial charge in [-0.25, -0.2) is 9.78 Å². The number of fused-ring (bicyclic) bond motifs is 1. The summed E-state index contributed by atoms with van der Waals surface area (Å²) in [6, 6.07) is 9.77. The predicted molar refractivity (Wildman–Crippen MR) is 112 cm³/mol. The van der Waals surface area contributed by atoms with Crippen molar-refractivity contribution in [1.82, 2.24) is 24.6 Å². The van der Waals surface area contributed by atoms with E-state index in [0.29, 0.717) is 39.8 Å². The lowest BCUT2D eigenvalue weighted by Gasteiger charge is -2.07. The Bertz CT molecular complexity index is 1420. The molecule has 5 rings (SSSR count). The Hall–Kier alpha value is -3.59. The highest BCUT2D eigenvalue weighted by Gasteiger charge is 2.20. The fourth-order valence-corrected chi connectivity index (χ4v) is 3.34. The van der Waals surface area contributed by atoms with Crippen LogP contribution in [-0.4, -0.2) is 35.7 Å². The van der Waals surface area contributed by atoms with Gasteiger partial charge in [0.2, 0.25) is 5.88 Å². The average molecular weight is 424 g/mol. The molecule has 4 N–H and O–H groups in total. The van der Waals surface area contributed by atoms with Crippen LogP contribution in [0.2, 0.25) is 5.02 Å². The SMILES string of the molecule is O=c1[nH]c(O)c(/C=c2/cnn3c(=NC4CC4)cc(NCc4cccc(Cl)c4)nc23)[nH]1. The Kier molecular flexibility index (Phi) is 4.51. The molecule has 0 radical (unpaired) electrons. The van der Waals surface area contributed by atoms with Crippen LogP contribution in [0.5, 0.6) is 5.88 Å². The largest absolute Gasteiger partial charge is 0.493 e. The molecule has 1 saturated carbocycles. The topological polar surface area (TPSA) is 123 Å². The number of H-pyrrole nitrogens is 2. The van der Waals surface area contributed by atoms with Crippen LogP contribution < -0.4 is 21.7 Å². The molecule has 0 amide bonds. The Morgan fingerprint density at radius 2 is 2.20 bits per heavy atom. The number of nitrogens with zero attached hydrogens (tertiary/aromatic N) is 4. The van der Waals surface area contributed by atoms with Gasteiger partial charge in [-0.15, -0.1) is 0 Å². The maximum absolute atomic E-state index is 11.4. The first-order chi connectivity index (χ1) is 14.5. The Morgan fingerprint density at radius 1 is 1.33 bits per heavy atom. The summed E-state index contributed by atoms with van der Waals surface area (Å²) in [7, 11) is 0. The van der Waals surface area contributed by atoms with Crippen molar-refractivity contribution in [2.45, 2.75) is 25.4 Å². The van der Waals surface area contributed by atoms with Crippen LogP contribution >= 0.6 is 11.6 Å². The van der Waals surface area contributed by atoms with Gasteiger partial charge < -0.3 is 15.4 Å². The number of imidazole rings is 1.